The van der Waals surface area contributed by atoms with Gasteiger partial charge in [-0.25, -0.2) is 9.59 Å². The molecule has 1 aromatic carbocycles. The average molecular weight is 443 g/mol. The summed E-state index contributed by atoms with van der Waals surface area (Å²) in [6.07, 6.45) is -0.0992. The maximum atomic E-state index is 12.2. The second-order valence-corrected chi connectivity index (χ2v) is 7.38. The summed E-state index contributed by atoms with van der Waals surface area (Å²) in [6, 6.07) is 2.63. The van der Waals surface area contributed by atoms with Gasteiger partial charge >= 0.3 is 18.1 Å². The van der Waals surface area contributed by atoms with Crippen LogP contribution in [0.5, 0.6) is 0 Å². The number of carbonyl (C=O) groups is 2. The highest BCUT2D eigenvalue weighted by Gasteiger charge is 2.41. The van der Waals surface area contributed by atoms with Crippen molar-refractivity contribution >= 4 is 28.5 Å². The lowest BCUT2D eigenvalue weighted by atomic mass is 9.84. The first-order chi connectivity index (χ1) is 14.6. The molecule has 0 N–H and O–H groups in total. The topological polar surface area (TPSA) is 114 Å². The first kappa shape index (κ1) is 22.5. The van der Waals surface area contributed by atoms with Crippen molar-refractivity contribution in [1.29, 1.82) is 0 Å². The lowest BCUT2D eigenvalue weighted by molar-refractivity contribution is -0.385. The van der Waals surface area contributed by atoms with Gasteiger partial charge in [0.2, 0.25) is 0 Å². The molecular formula is C19H20F3N3O6. The van der Waals surface area contributed by atoms with Crippen molar-refractivity contribution in [3.63, 3.8) is 0 Å². The van der Waals surface area contributed by atoms with Crippen LogP contribution in [-0.2, 0) is 14.3 Å². The number of ether oxygens (including phenoxy) is 2. The summed E-state index contributed by atoms with van der Waals surface area (Å²) in [7, 11) is 1.14. The van der Waals surface area contributed by atoms with Crippen molar-refractivity contribution in [1.82, 2.24) is 9.78 Å². The minimum atomic E-state index is -4.98. The number of benzene rings is 1. The summed E-state index contributed by atoms with van der Waals surface area (Å²) >= 11 is 0. The molecule has 0 amide bonds. The number of esters is 2. The summed E-state index contributed by atoms with van der Waals surface area (Å²) in [6.45, 7) is -0.278. The third-order valence-electron chi connectivity index (χ3n) is 5.42. The van der Waals surface area contributed by atoms with E-state index in [0.717, 1.165) is 20.0 Å². The highest BCUT2D eigenvalue weighted by molar-refractivity contribution is 5.99. The first-order valence-corrected chi connectivity index (χ1v) is 9.59. The molecule has 168 valence electrons. The van der Waals surface area contributed by atoms with Crippen LogP contribution in [0.3, 0.4) is 0 Å². The first-order valence-electron chi connectivity index (χ1n) is 9.59. The third-order valence-corrected chi connectivity index (χ3v) is 5.42. The number of alkyl halides is 3. The molecule has 1 saturated carbocycles. The van der Waals surface area contributed by atoms with Gasteiger partial charge in [-0.1, -0.05) is 0 Å². The van der Waals surface area contributed by atoms with E-state index in [1.807, 2.05) is 0 Å². The van der Waals surface area contributed by atoms with Crippen LogP contribution >= 0.6 is 0 Å². The second kappa shape index (κ2) is 8.90. The maximum absolute atomic E-state index is 12.2. The largest absolute Gasteiger partial charge is 0.490 e. The van der Waals surface area contributed by atoms with E-state index in [1.54, 1.807) is 10.9 Å². The molecule has 0 atom stereocenters. The molecule has 0 spiro atoms. The van der Waals surface area contributed by atoms with Crippen LogP contribution < -0.4 is 0 Å². The normalized spacial score (nSPS) is 19.2. The molecule has 9 nitrogen and oxygen atoms in total. The number of carbonyl (C=O) groups excluding carboxylic acids is 2. The second-order valence-electron chi connectivity index (χ2n) is 7.38. The number of nitrogens with zero attached hydrogens (tertiary/aromatic N) is 3. The van der Waals surface area contributed by atoms with Gasteiger partial charge in [-0.15, -0.1) is 0 Å². The minimum Gasteiger partial charge on any atom is -0.465 e. The van der Waals surface area contributed by atoms with Gasteiger partial charge in [0, 0.05) is 17.6 Å². The zero-order chi connectivity index (χ0) is 22.8. The molecule has 1 aromatic heterocycles. The van der Waals surface area contributed by atoms with E-state index in [1.165, 1.54) is 12.1 Å². The summed E-state index contributed by atoms with van der Waals surface area (Å²) in [5.41, 5.74) is -0.120. The highest BCUT2D eigenvalue weighted by Crippen LogP contribution is 2.35. The van der Waals surface area contributed by atoms with Crippen LogP contribution in [0.2, 0.25) is 0 Å². The van der Waals surface area contributed by atoms with E-state index >= 15 is 0 Å². The van der Waals surface area contributed by atoms with Gasteiger partial charge in [-0.3, -0.25) is 14.8 Å². The number of rotatable bonds is 6. The van der Waals surface area contributed by atoms with Crippen molar-refractivity contribution in [2.24, 2.45) is 5.92 Å². The van der Waals surface area contributed by atoms with Crippen LogP contribution in [0.4, 0.5) is 18.9 Å². The fourth-order valence-corrected chi connectivity index (χ4v) is 3.79. The molecule has 1 heterocycles. The van der Waals surface area contributed by atoms with Gasteiger partial charge < -0.3 is 9.47 Å². The predicted octanol–water partition coefficient (Wildman–Crippen LogP) is 3.96. The SMILES string of the molecule is COC(=O)c1cc2nn(C3CCC(CCOC(=O)C(F)(F)F)CC3)cc2cc1[N+](=O)[O-]. The fourth-order valence-electron chi connectivity index (χ4n) is 3.79. The standard InChI is InChI=1S/C19H20F3N3O6/c1-30-17(26)14-9-15-12(8-16(14)25(28)29)10-24(23-15)13-4-2-11(3-5-13)6-7-31-18(27)19(20,21)22/h8-11,13H,2-7H2,1H3. The number of hydrogen-bond acceptors (Lipinski definition) is 7. The average Bonchev–Trinajstić information content (AvgIpc) is 3.15. The molecule has 0 aliphatic heterocycles. The number of halogens is 3. The van der Waals surface area contributed by atoms with Crippen LogP contribution in [0, 0.1) is 16.0 Å². The van der Waals surface area contributed by atoms with Gasteiger partial charge in [-0.05, 0) is 44.1 Å². The van der Waals surface area contributed by atoms with Crippen molar-refractivity contribution in [2.45, 2.75) is 44.3 Å². The summed E-state index contributed by atoms with van der Waals surface area (Å²) in [5, 5.41) is 16.2. The van der Waals surface area contributed by atoms with Crippen molar-refractivity contribution in [2.75, 3.05) is 13.7 Å². The molecule has 1 aliphatic carbocycles. The summed E-state index contributed by atoms with van der Waals surface area (Å²) in [4.78, 5) is 33.2. The molecule has 12 heteroatoms. The number of fused-ring (bicyclic) bond motifs is 1. The molecule has 0 radical (unpaired) electrons. The quantitative estimate of drug-likeness (QED) is 0.377. The molecule has 0 saturated heterocycles. The van der Waals surface area contributed by atoms with E-state index in [-0.39, 0.29) is 29.8 Å². The third kappa shape index (κ3) is 5.12. The minimum absolute atomic E-state index is 0.0157. The smallest absolute Gasteiger partial charge is 0.465 e. The van der Waals surface area contributed by atoms with E-state index in [2.05, 4.69) is 14.6 Å². The van der Waals surface area contributed by atoms with Gasteiger partial charge in [0.1, 0.15) is 5.56 Å². The maximum Gasteiger partial charge on any atom is 0.490 e. The lowest BCUT2D eigenvalue weighted by Gasteiger charge is -2.28. The van der Waals surface area contributed by atoms with Crippen LogP contribution in [0.15, 0.2) is 18.3 Å². The Balaban J connectivity index is 1.64. The summed E-state index contributed by atoms with van der Waals surface area (Å²) < 4.78 is 47.0. The molecular weight excluding hydrogens is 423 g/mol. The number of aromatic nitrogens is 2. The number of hydrogen-bond donors (Lipinski definition) is 0. The molecule has 31 heavy (non-hydrogen) atoms. The van der Waals surface area contributed by atoms with E-state index in [9.17, 15) is 32.9 Å². The van der Waals surface area contributed by atoms with Gasteiger partial charge in [0.05, 0.1) is 30.2 Å². The van der Waals surface area contributed by atoms with E-state index in [4.69, 9.17) is 0 Å². The molecule has 1 fully saturated rings. The Morgan fingerprint density at radius 1 is 1.26 bits per heavy atom. The monoisotopic (exact) mass is 443 g/mol. The zero-order valence-electron chi connectivity index (χ0n) is 16.6. The van der Waals surface area contributed by atoms with Gasteiger partial charge in [0.15, 0.2) is 0 Å². The van der Waals surface area contributed by atoms with Crippen molar-refractivity contribution in [3.05, 3.63) is 34.0 Å². The molecule has 3 rings (SSSR count). The Labute approximate surface area is 174 Å². The van der Waals surface area contributed by atoms with Gasteiger partial charge in [-0.2, -0.15) is 18.3 Å². The van der Waals surface area contributed by atoms with Crippen LogP contribution in [0.1, 0.15) is 48.5 Å². The highest BCUT2D eigenvalue weighted by atomic mass is 19.4. The van der Waals surface area contributed by atoms with E-state index in [0.29, 0.717) is 30.2 Å². The Hall–Kier alpha value is -3.18. The Morgan fingerprint density at radius 3 is 2.52 bits per heavy atom. The predicted molar refractivity (Wildman–Crippen MR) is 100 cm³/mol. The summed E-state index contributed by atoms with van der Waals surface area (Å²) in [5.74, 6) is -2.87. The van der Waals surface area contributed by atoms with Crippen LogP contribution in [0.25, 0.3) is 10.9 Å². The van der Waals surface area contributed by atoms with Crippen LogP contribution in [-0.4, -0.2) is 46.5 Å². The molecule has 1 aliphatic rings. The molecule has 2 aromatic rings. The Kier molecular flexibility index (Phi) is 6.46. The number of nitro groups is 1. The Bertz CT molecular complexity index is 996. The number of nitro benzene ring substituents is 1. The molecule has 0 unspecified atom stereocenters. The van der Waals surface area contributed by atoms with Crippen molar-refractivity contribution in [3.8, 4) is 0 Å². The fraction of sp³-hybridized carbons (Fsp3) is 0.526. The van der Waals surface area contributed by atoms with E-state index < -0.39 is 23.0 Å². The Morgan fingerprint density at radius 2 is 1.94 bits per heavy atom. The number of methoxy groups -OCH3 is 1. The zero-order valence-corrected chi connectivity index (χ0v) is 16.6. The molecule has 0 bridgehead atoms. The van der Waals surface area contributed by atoms with Gasteiger partial charge in [0.25, 0.3) is 5.69 Å². The lowest BCUT2D eigenvalue weighted by Crippen LogP contribution is -2.26. The van der Waals surface area contributed by atoms with Crippen molar-refractivity contribution < 1.29 is 37.2 Å².